The van der Waals surface area contributed by atoms with E-state index in [-0.39, 0.29) is 0 Å². The van der Waals surface area contributed by atoms with Crippen molar-refractivity contribution in [3.8, 4) is 12.1 Å². The summed E-state index contributed by atoms with van der Waals surface area (Å²) in [5.41, 5.74) is 3.97. The number of hydrogen-bond acceptors (Lipinski definition) is 7. The van der Waals surface area contributed by atoms with Crippen LogP contribution >= 0.6 is 34.0 Å². The van der Waals surface area contributed by atoms with Crippen LogP contribution < -0.4 is 0 Å². The highest BCUT2D eigenvalue weighted by Crippen LogP contribution is 2.40. The van der Waals surface area contributed by atoms with Crippen LogP contribution in [0.15, 0.2) is 22.1 Å². The van der Waals surface area contributed by atoms with Crippen molar-refractivity contribution < 1.29 is 0 Å². The van der Waals surface area contributed by atoms with Crippen LogP contribution in [-0.2, 0) is 25.7 Å². The summed E-state index contributed by atoms with van der Waals surface area (Å²) in [6, 6.07) is 8.79. The van der Waals surface area contributed by atoms with Crippen molar-refractivity contribution in [3.05, 3.63) is 53.9 Å². The molecule has 0 bridgehead atoms. The second-order valence-electron chi connectivity index (χ2n) is 7.76. The van der Waals surface area contributed by atoms with Crippen molar-refractivity contribution >= 4 is 56.4 Å². The van der Waals surface area contributed by atoms with E-state index in [1.165, 1.54) is 33.7 Å². The standard InChI is InChI=1S/C24H20N4S3/c25-11-19-17-5-1-3-7-21(17)30-23(19)27-13-15-9-10-16(29-15)14-28-24-20(12-26)18-6-2-4-8-22(18)31-24/h9-10,13-14H,1-8H2/b27-13+,28-14+. The molecule has 31 heavy (non-hydrogen) atoms. The van der Waals surface area contributed by atoms with Gasteiger partial charge in [0.2, 0.25) is 0 Å². The first kappa shape index (κ1) is 20.3. The monoisotopic (exact) mass is 460 g/mol. The molecular formula is C24H20N4S3. The number of aryl methyl sites for hydroxylation is 2. The summed E-state index contributed by atoms with van der Waals surface area (Å²) in [6.07, 6.45) is 12.6. The molecule has 5 rings (SSSR count). The van der Waals surface area contributed by atoms with E-state index in [0.717, 1.165) is 69.4 Å². The van der Waals surface area contributed by atoms with Gasteiger partial charge in [-0.3, -0.25) is 0 Å². The van der Waals surface area contributed by atoms with E-state index in [0.29, 0.717) is 0 Å². The molecule has 0 radical (unpaired) electrons. The lowest BCUT2D eigenvalue weighted by molar-refractivity contribution is 0.696. The fourth-order valence-electron chi connectivity index (χ4n) is 4.27. The first-order valence-corrected chi connectivity index (χ1v) is 13.0. The molecule has 0 aliphatic heterocycles. The van der Waals surface area contributed by atoms with Crippen molar-refractivity contribution in [2.75, 3.05) is 0 Å². The topological polar surface area (TPSA) is 72.3 Å². The van der Waals surface area contributed by atoms with E-state index in [1.807, 2.05) is 24.6 Å². The zero-order valence-corrected chi connectivity index (χ0v) is 19.4. The van der Waals surface area contributed by atoms with E-state index < -0.39 is 0 Å². The van der Waals surface area contributed by atoms with Gasteiger partial charge in [-0.1, -0.05) is 0 Å². The summed E-state index contributed by atoms with van der Waals surface area (Å²) in [5, 5.41) is 20.9. The van der Waals surface area contributed by atoms with E-state index in [4.69, 9.17) is 0 Å². The van der Waals surface area contributed by atoms with Crippen LogP contribution in [-0.4, -0.2) is 12.4 Å². The minimum Gasteiger partial charge on any atom is -0.243 e. The Bertz CT molecular complexity index is 1180. The number of fused-ring (bicyclic) bond motifs is 2. The molecule has 0 spiro atoms. The Hall–Kier alpha value is -2.58. The van der Waals surface area contributed by atoms with Crippen LogP contribution in [0.5, 0.6) is 0 Å². The van der Waals surface area contributed by atoms with Crippen molar-refractivity contribution in [3.63, 3.8) is 0 Å². The number of aliphatic imine (C=N–C) groups is 2. The Morgan fingerprint density at radius 3 is 1.58 bits per heavy atom. The number of rotatable bonds is 4. The molecule has 0 saturated carbocycles. The van der Waals surface area contributed by atoms with Gasteiger partial charge in [0.1, 0.15) is 22.1 Å². The third kappa shape index (κ3) is 4.02. The molecule has 2 aliphatic carbocycles. The van der Waals surface area contributed by atoms with Gasteiger partial charge in [-0.25, -0.2) is 9.98 Å². The maximum Gasteiger partial charge on any atom is 0.134 e. The lowest BCUT2D eigenvalue weighted by Gasteiger charge is -2.09. The van der Waals surface area contributed by atoms with Gasteiger partial charge < -0.3 is 0 Å². The van der Waals surface area contributed by atoms with E-state index in [2.05, 4.69) is 22.1 Å². The molecule has 0 aromatic carbocycles. The van der Waals surface area contributed by atoms with Crippen LogP contribution in [0.2, 0.25) is 0 Å². The molecule has 0 atom stereocenters. The van der Waals surface area contributed by atoms with Crippen LogP contribution in [0.1, 0.15) is 67.4 Å². The fourth-order valence-corrected chi connectivity index (χ4v) is 7.39. The number of nitriles is 2. The third-order valence-electron chi connectivity index (χ3n) is 5.79. The van der Waals surface area contributed by atoms with E-state index >= 15 is 0 Å². The summed E-state index contributed by atoms with van der Waals surface area (Å²) in [5.74, 6) is 0. The Labute approximate surface area is 193 Å². The third-order valence-corrected chi connectivity index (χ3v) is 9.15. The number of nitrogens with zero attached hydrogens (tertiary/aromatic N) is 4. The summed E-state index contributed by atoms with van der Waals surface area (Å²) < 4.78 is 0. The summed E-state index contributed by atoms with van der Waals surface area (Å²) >= 11 is 4.94. The molecule has 3 aromatic heterocycles. The maximum absolute atomic E-state index is 9.59. The second kappa shape index (κ2) is 8.88. The first-order chi connectivity index (χ1) is 15.3. The normalized spacial score (nSPS) is 15.7. The SMILES string of the molecule is N#Cc1c(/N=C/c2ccc(/C=N/c3sc4c(c3C#N)CCCC4)s2)sc2c1CCCC2. The van der Waals surface area contributed by atoms with Crippen LogP contribution in [0.3, 0.4) is 0 Å². The molecule has 0 saturated heterocycles. The summed E-state index contributed by atoms with van der Waals surface area (Å²) in [6.45, 7) is 0. The quantitative estimate of drug-likeness (QED) is 0.398. The van der Waals surface area contributed by atoms with Crippen molar-refractivity contribution in [2.24, 2.45) is 9.98 Å². The Kier molecular flexibility index (Phi) is 5.82. The van der Waals surface area contributed by atoms with Gasteiger partial charge in [0.25, 0.3) is 0 Å². The van der Waals surface area contributed by atoms with E-state index in [1.54, 1.807) is 34.0 Å². The van der Waals surface area contributed by atoms with Gasteiger partial charge >= 0.3 is 0 Å². The second-order valence-corrected chi connectivity index (χ2v) is 11.1. The van der Waals surface area contributed by atoms with Crippen molar-refractivity contribution in [2.45, 2.75) is 51.4 Å². The molecule has 3 aromatic rings. The lowest BCUT2D eigenvalue weighted by Crippen LogP contribution is -1.99. The summed E-state index contributed by atoms with van der Waals surface area (Å²) in [7, 11) is 0. The first-order valence-electron chi connectivity index (χ1n) is 10.5. The van der Waals surface area contributed by atoms with Gasteiger partial charge in [0.05, 0.1) is 11.1 Å². The van der Waals surface area contributed by atoms with Gasteiger partial charge in [-0.2, -0.15) is 10.5 Å². The average molecular weight is 461 g/mol. The highest BCUT2D eigenvalue weighted by atomic mass is 32.1. The molecular weight excluding hydrogens is 440 g/mol. The predicted octanol–water partition coefficient (Wildman–Crippen LogP) is 6.87. The van der Waals surface area contributed by atoms with Gasteiger partial charge in [-0.15, -0.1) is 34.0 Å². The van der Waals surface area contributed by atoms with Crippen molar-refractivity contribution in [1.29, 1.82) is 10.5 Å². The fraction of sp³-hybridized carbons (Fsp3) is 0.333. The van der Waals surface area contributed by atoms with Crippen LogP contribution in [0, 0.1) is 22.7 Å². The zero-order valence-electron chi connectivity index (χ0n) is 17.0. The molecule has 154 valence electrons. The Balaban J connectivity index is 1.35. The Morgan fingerprint density at radius 1 is 0.677 bits per heavy atom. The maximum atomic E-state index is 9.59. The zero-order chi connectivity index (χ0) is 21.2. The number of hydrogen-bond donors (Lipinski definition) is 0. The highest BCUT2D eigenvalue weighted by Gasteiger charge is 2.21. The van der Waals surface area contributed by atoms with E-state index in [9.17, 15) is 10.5 Å². The summed E-state index contributed by atoms with van der Waals surface area (Å²) in [4.78, 5) is 14.0. The number of thiophene rings is 3. The largest absolute Gasteiger partial charge is 0.243 e. The highest BCUT2D eigenvalue weighted by molar-refractivity contribution is 7.17. The van der Waals surface area contributed by atoms with Crippen molar-refractivity contribution in [1.82, 2.24) is 0 Å². The molecule has 0 N–H and O–H groups in total. The van der Waals surface area contributed by atoms with Gasteiger partial charge in [-0.05, 0) is 74.6 Å². The molecule has 4 nitrogen and oxygen atoms in total. The predicted molar refractivity (Wildman–Crippen MR) is 130 cm³/mol. The average Bonchev–Trinajstić information content (AvgIpc) is 3.50. The minimum absolute atomic E-state index is 0.764. The lowest BCUT2D eigenvalue weighted by atomic mass is 9.96. The molecule has 7 heteroatoms. The molecule has 3 heterocycles. The van der Waals surface area contributed by atoms with Crippen LogP contribution in [0.25, 0.3) is 0 Å². The smallest absolute Gasteiger partial charge is 0.134 e. The molecule has 0 amide bonds. The minimum atomic E-state index is 0.764. The Morgan fingerprint density at radius 2 is 1.13 bits per heavy atom. The molecule has 0 unspecified atom stereocenters. The van der Waals surface area contributed by atoms with Crippen LogP contribution in [0.4, 0.5) is 10.0 Å². The van der Waals surface area contributed by atoms with Gasteiger partial charge in [0.15, 0.2) is 0 Å². The molecule has 2 aliphatic rings. The molecule has 0 fully saturated rings. The van der Waals surface area contributed by atoms with Gasteiger partial charge in [0, 0.05) is 31.9 Å².